The van der Waals surface area contributed by atoms with E-state index in [-0.39, 0.29) is 23.3 Å². The third kappa shape index (κ3) is 3.75. The average molecular weight is 373 g/mol. The molecule has 3 aromatic rings. The van der Waals surface area contributed by atoms with Crippen molar-refractivity contribution in [3.63, 3.8) is 0 Å². The van der Waals surface area contributed by atoms with Crippen LogP contribution < -0.4 is 5.43 Å². The van der Waals surface area contributed by atoms with Gasteiger partial charge in [-0.1, -0.05) is 23.7 Å². The Morgan fingerprint density at radius 1 is 1.08 bits per heavy atom. The van der Waals surface area contributed by atoms with Crippen molar-refractivity contribution in [2.24, 2.45) is 0 Å². The van der Waals surface area contributed by atoms with E-state index in [4.69, 9.17) is 20.8 Å². The molecule has 1 heterocycles. The third-order valence-corrected chi connectivity index (χ3v) is 3.84. The molecule has 0 atom stereocenters. The van der Waals surface area contributed by atoms with E-state index in [1.54, 1.807) is 30.3 Å². The van der Waals surface area contributed by atoms with E-state index < -0.39 is 17.4 Å². The van der Waals surface area contributed by atoms with E-state index in [1.807, 2.05) is 0 Å². The topological polar surface area (TPSA) is 82.8 Å². The van der Waals surface area contributed by atoms with Gasteiger partial charge in [-0.3, -0.25) is 4.79 Å². The molecule has 0 saturated carbocycles. The second kappa shape index (κ2) is 7.41. The average Bonchev–Trinajstić information content (AvgIpc) is 2.66. The lowest BCUT2D eigenvalue weighted by Gasteiger charge is -2.06. The molecule has 0 fully saturated rings. The number of rotatable bonds is 4. The van der Waals surface area contributed by atoms with E-state index >= 15 is 0 Å². The summed E-state index contributed by atoms with van der Waals surface area (Å²) in [5.74, 6) is -1.49. The minimum Gasteiger partial charge on any atom is -0.465 e. The fourth-order valence-corrected chi connectivity index (χ4v) is 2.53. The number of hydrogen-bond donors (Lipinski definition) is 0. The number of hydrogen-bond acceptors (Lipinski definition) is 6. The van der Waals surface area contributed by atoms with Crippen LogP contribution in [0.4, 0.5) is 0 Å². The van der Waals surface area contributed by atoms with E-state index in [2.05, 4.69) is 4.74 Å². The summed E-state index contributed by atoms with van der Waals surface area (Å²) < 4.78 is 15.2. The molecule has 0 aliphatic rings. The first-order valence-corrected chi connectivity index (χ1v) is 7.93. The molecule has 0 amide bonds. The minimum atomic E-state index is -0.789. The molecule has 26 heavy (non-hydrogen) atoms. The summed E-state index contributed by atoms with van der Waals surface area (Å²) in [5.41, 5.74) is 0.779. The molecule has 0 saturated heterocycles. The Morgan fingerprint density at radius 2 is 1.88 bits per heavy atom. The monoisotopic (exact) mass is 372 g/mol. The molecule has 1 aromatic heterocycles. The zero-order valence-corrected chi connectivity index (χ0v) is 14.4. The molecule has 0 aliphatic carbocycles. The lowest BCUT2D eigenvalue weighted by atomic mass is 10.1. The third-order valence-electron chi connectivity index (χ3n) is 3.61. The van der Waals surface area contributed by atoms with Gasteiger partial charge in [0.1, 0.15) is 12.2 Å². The van der Waals surface area contributed by atoms with Crippen molar-refractivity contribution in [2.75, 3.05) is 7.11 Å². The zero-order valence-electron chi connectivity index (χ0n) is 13.7. The van der Waals surface area contributed by atoms with Gasteiger partial charge in [0, 0.05) is 11.1 Å². The van der Waals surface area contributed by atoms with Crippen molar-refractivity contribution in [3.05, 3.63) is 80.7 Å². The van der Waals surface area contributed by atoms with E-state index in [9.17, 15) is 14.4 Å². The highest BCUT2D eigenvalue weighted by atomic mass is 35.5. The molecular formula is C19H13ClO6. The van der Waals surface area contributed by atoms with Gasteiger partial charge >= 0.3 is 11.9 Å². The number of halogens is 1. The van der Waals surface area contributed by atoms with Crippen molar-refractivity contribution in [1.82, 2.24) is 0 Å². The van der Waals surface area contributed by atoms with Gasteiger partial charge in [-0.15, -0.1) is 0 Å². The van der Waals surface area contributed by atoms with Crippen LogP contribution in [-0.4, -0.2) is 19.0 Å². The van der Waals surface area contributed by atoms with Crippen LogP contribution in [0.2, 0.25) is 5.02 Å². The fourth-order valence-electron chi connectivity index (χ4n) is 2.36. The largest absolute Gasteiger partial charge is 0.465 e. The predicted octanol–water partition coefficient (Wildman–Crippen LogP) is 3.59. The van der Waals surface area contributed by atoms with E-state index in [1.165, 1.54) is 19.2 Å². The normalized spacial score (nSPS) is 10.5. The lowest BCUT2D eigenvalue weighted by Crippen LogP contribution is -2.10. The number of fused-ring (bicyclic) bond motifs is 1. The number of esters is 2. The van der Waals surface area contributed by atoms with Gasteiger partial charge in [0.15, 0.2) is 5.43 Å². The summed E-state index contributed by atoms with van der Waals surface area (Å²) in [6.07, 6.45) is 0. The molecule has 0 unspecified atom stereocenters. The standard InChI is InChI=1S/C19H13ClO6/c1-24-18(22)12-4-2-3-11(7-12)10-25-19(23)17-9-15(21)14-8-13(20)5-6-16(14)26-17/h2-9H,10H2,1H3. The van der Waals surface area contributed by atoms with Crippen molar-refractivity contribution in [1.29, 1.82) is 0 Å². The van der Waals surface area contributed by atoms with Crippen LogP contribution in [0.25, 0.3) is 11.0 Å². The van der Waals surface area contributed by atoms with E-state index in [0.29, 0.717) is 16.1 Å². The molecule has 7 heteroatoms. The highest BCUT2D eigenvalue weighted by Gasteiger charge is 2.15. The maximum absolute atomic E-state index is 12.2. The van der Waals surface area contributed by atoms with Crippen molar-refractivity contribution in [2.45, 2.75) is 6.61 Å². The Hall–Kier alpha value is -3.12. The quantitative estimate of drug-likeness (QED) is 0.651. The van der Waals surface area contributed by atoms with E-state index in [0.717, 1.165) is 6.07 Å². The van der Waals surface area contributed by atoms with Crippen LogP contribution >= 0.6 is 11.6 Å². The van der Waals surface area contributed by atoms with Crippen LogP contribution in [0.5, 0.6) is 0 Å². The summed E-state index contributed by atoms with van der Waals surface area (Å²) in [7, 11) is 1.28. The van der Waals surface area contributed by atoms with Crippen LogP contribution in [-0.2, 0) is 16.1 Å². The smallest absolute Gasteiger partial charge is 0.374 e. The molecule has 6 nitrogen and oxygen atoms in total. The van der Waals surface area contributed by atoms with Gasteiger partial charge in [-0.2, -0.15) is 0 Å². The molecule has 0 radical (unpaired) electrons. The molecule has 0 aliphatic heterocycles. The molecule has 0 spiro atoms. The maximum atomic E-state index is 12.2. The summed E-state index contributed by atoms with van der Waals surface area (Å²) >= 11 is 5.85. The maximum Gasteiger partial charge on any atom is 0.374 e. The van der Waals surface area contributed by atoms with Gasteiger partial charge in [-0.25, -0.2) is 9.59 Å². The van der Waals surface area contributed by atoms with Crippen LogP contribution in [0.15, 0.2) is 57.7 Å². The van der Waals surface area contributed by atoms with Gasteiger partial charge < -0.3 is 13.9 Å². The first-order chi connectivity index (χ1) is 12.5. The van der Waals surface area contributed by atoms with Gasteiger partial charge in [0.25, 0.3) is 0 Å². The molecule has 0 N–H and O–H groups in total. The predicted molar refractivity (Wildman–Crippen MR) is 94.4 cm³/mol. The SMILES string of the molecule is COC(=O)c1cccc(COC(=O)c2cc(=O)c3cc(Cl)ccc3o2)c1. The Balaban J connectivity index is 1.78. The number of carbonyl (C=O) groups is 2. The molecule has 132 valence electrons. The van der Waals surface area contributed by atoms with Crippen molar-refractivity contribution >= 4 is 34.5 Å². The fraction of sp³-hybridized carbons (Fsp3) is 0.105. The number of ether oxygens (including phenoxy) is 2. The van der Waals surface area contributed by atoms with Crippen LogP contribution in [0, 0.1) is 0 Å². The van der Waals surface area contributed by atoms with Crippen molar-refractivity contribution in [3.8, 4) is 0 Å². The summed E-state index contributed by atoms with van der Waals surface area (Å²) in [5, 5.41) is 0.672. The number of methoxy groups -OCH3 is 1. The summed E-state index contributed by atoms with van der Waals surface area (Å²) in [4.78, 5) is 35.8. The highest BCUT2D eigenvalue weighted by Crippen LogP contribution is 2.18. The molecule has 0 bridgehead atoms. The number of benzene rings is 2. The molecular weight excluding hydrogens is 360 g/mol. The van der Waals surface area contributed by atoms with Crippen molar-refractivity contribution < 1.29 is 23.5 Å². The lowest BCUT2D eigenvalue weighted by molar-refractivity contribution is 0.0436. The summed E-state index contributed by atoms with van der Waals surface area (Å²) in [6, 6.07) is 12.1. The zero-order chi connectivity index (χ0) is 18.7. The minimum absolute atomic E-state index is 0.0912. The van der Waals surface area contributed by atoms with Gasteiger partial charge in [-0.05, 0) is 35.9 Å². The molecule has 2 aromatic carbocycles. The second-order valence-corrected chi connectivity index (χ2v) is 5.82. The second-order valence-electron chi connectivity index (χ2n) is 5.38. The highest BCUT2D eigenvalue weighted by molar-refractivity contribution is 6.31. The first kappa shape index (κ1) is 17.7. The summed E-state index contributed by atoms with van der Waals surface area (Å²) in [6.45, 7) is -0.0912. The van der Waals surface area contributed by atoms with Crippen LogP contribution in [0.1, 0.15) is 26.5 Å². The Kier molecular flexibility index (Phi) is 5.04. The first-order valence-electron chi connectivity index (χ1n) is 7.56. The Bertz CT molecular complexity index is 1050. The van der Waals surface area contributed by atoms with Gasteiger partial charge in [0.2, 0.25) is 5.76 Å². The Labute approximate surface area is 152 Å². The Morgan fingerprint density at radius 3 is 2.65 bits per heavy atom. The number of carbonyl (C=O) groups excluding carboxylic acids is 2. The van der Waals surface area contributed by atoms with Gasteiger partial charge in [0.05, 0.1) is 18.1 Å². The van der Waals surface area contributed by atoms with Crippen LogP contribution in [0.3, 0.4) is 0 Å². The molecule has 3 rings (SSSR count).